The minimum Gasteiger partial charge on any atom is -0.497 e. The molecule has 1 heterocycles. The first-order valence-corrected chi connectivity index (χ1v) is 9.52. The average molecular weight is 446 g/mol. The summed E-state index contributed by atoms with van der Waals surface area (Å²) in [6, 6.07) is 13.0. The van der Waals surface area contributed by atoms with Gasteiger partial charge in [0, 0.05) is 18.8 Å². The van der Waals surface area contributed by atoms with Gasteiger partial charge >= 0.3 is 6.18 Å². The fraction of sp³-hybridized carbons (Fsp3) is 0.227. The molecule has 0 unspecified atom stereocenters. The van der Waals surface area contributed by atoms with Gasteiger partial charge in [-0.3, -0.25) is 9.59 Å². The van der Waals surface area contributed by atoms with Crippen LogP contribution in [0, 0.1) is 6.92 Å². The summed E-state index contributed by atoms with van der Waals surface area (Å²) in [6.07, 6.45) is -3.97. The van der Waals surface area contributed by atoms with Crippen molar-refractivity contribution in [3.63, 3.8) is 0 Å². The molecule has 3 aromatic rings. The molecular formula is C22H21F3N4O3. The number of carbonyl (C=O) groups is 2. The zero-order valence-corrected chi connectivity index (χ0v) is 17.6. The van der Waals surface area contributed by atoms with Crippen LogP contribution >= 0.6 is 0 Å². The van der Waals surface area contributed by atoms with Crippen molar-refractivity contribution < 1.29 is 27.5 Å². The molecule has 0 saturated heterocycles. The van der Waals surface area contributed by atoms with E-state index in [4.69, 9.17) is 4.74 Å². The molecule has 2 aromatic carbocycles. The molecule has 0 atom stereocenters. The number of para-hydroxylation sites is 1. The highest BCUT2D eigenvalue weighted by atomic mass is 19.4. The number of rotatable bonds is 6. The van der Waals surface area contributed by atoms with E-state index in [1.165, 1.54) is 20.2 Å². The molecule has 0 bridgehead atoms. The lowest BCUT2D eigenvalue weighted by molar-refractivity contribution is -0.143. The van der Waals surface area contributed by atoms with Crippen molar-refractivity contribution >= 4 is 17.5 Å². The van der Waals surface area contributed by atoms with Crippen molar-refractivity contribution in [2.45, 2.75) is 13.1 Å². The van der Waals surface area contributed by atoms with E-state index >= 15 is 0 Å². The third-order valence-corrected chi connectivity index (χ3v) is 4.69. The van der Waals surface area contributed by atoms with Gasteiger partial charge in [0.15, 0.2) is 5.69 Å². The first-order valence-electron chi connectivity index (χ1n) is 9.52. The number of carbonyl (C=O) groups excluding carboxylic acids is 2. The minimum atomic E-state index is -4.84. The molecular weight excluding hydrogens is 425 g/mol. The summed E-state index contributed by atoms with van der Waals surface area (Å²) in [5.74, 6) is -1.03. The monoisotopic (exact) mass is 446 g/mol. The van der Waals surface area contributed by atoms with Crippen molar-refractivity contribution in [3.05, 3.63) is 71.5 Å². The van der Waals surface area contributed by atoms with Gasteiger partial charge in [0.25, 0.3) is 5.91 Å². The minimum absolute atomic E-state index is 0.206. The number of hydrogen-bond donors (Lipinski definition) is 1. The molecule has 1 aromatic heterocycles. The van der Waals surface area contributed by atoms with E-state index in [1.807, 2.05) is 0 Å². The number of likely N-dealkylation sites (N-methyl/N-ethyl adjacent to an activating group) is 1. The maximum Gasteiger partial charge on any atom is 0.434 e. The number of amides is 2. The van der Waals surface area contributed by atoms with Crippen molar-refractivity contribution in [2.24, 2.45) is 0 Å². The normalized spacial score (nSPS) is 11.2. The topological polar surface area (TPSA) is 76.5 Å². The highest BCUT2D eigenvalue weighted by molar-refractivity contribution is 6.00. The predicted octanol–water partition coefficient (Wildman–Crippen LogP) is 3.92. The van der Waals surface area contributed by atoms with Crippen LogP contribution in [-0.2, 0) is 11.0 Å². The number of aryl methyl sites for hydroxylation is 1. The van der Waals surface area contributed by atoms with Crippen LogP contribution < -0.4 is 10.1 Å². The maximum absolute atomic E-state index is 13.9. The van der Waals surface area contributed by atoms with Crippen LogP contribution in [0.4, 0.5) is 18.9 Å². The Morgan fingerprint density at radius 1 is 1.16 bits per heavy atom. The maximum atomic E-state index is 13.9. The Morgan fingerprint density at radius 3 is 2.53 bits per heavy atom. The van der Waals surface area contributed by atoms with Gasteiger partial charge in [-0.1, -0.05) is 24.3 Å². The van der Waals surface area contributed by atoms with Crippen LogP contribution in [0.15, 0.2) is 54.7 Å². The largest absolute Gasteiger partial charge is 0.497 e. The molecule has 1 N–H and O–H groups in total. The second kappa shape index (κ2) is 9.13. The molecule has 0 radical (unpaired) electrons. The standard InChI is InChI=1S/C22H21F3N4O3/c1-14-7-4-5-10-18(14)29-20(22(23,24)25)17(12-26-29)21(31)28(2)13-19(30)27-15-8-6-9-16(11-15)32-3/h4-12H,13H2,1-3H3,(H,27,30). The van der Waals surface area contributed by atoms with E-state index in [0.29, 0.717) is 21.7 Å². The molecule has 3 rings (SSSR count). The molecule has 0 aliphatic rings. The highest BCUT2D eigenvalue weighted by Gasteiger charge is 2.41. The molecule has 7 nitrogen and oxygen atoms in total. The third-order valence-electron chi connectivity index (χ3n) is 4.69. The smallest absolute Gasteiger partial charge is 0.434 e. The van der Waals surface area contributed by atoms with Crippen molar-refractivity contribution in [1.82, 2.24) is 14.7 Å². The van der Waals surface area contributed by atoms with Crippen LogP contribution in [0.1, 0.15) is 21.6 Å². The molecule has 0 aliphatic carbocycles. The lowest BCUT2D eigenvalue weighted by Crippen LogP contribution is -2.35. The van der Waals surface area contributed by atoms with E-state index < -0.39 is 35.8 Å². The van der Waals surface area contributed by atoms with Crippen molar-refractivity contribution in [3.8, 4) is 11.4 Å². The van der Waals surface area contributed by atoms with Crippen LogP contribution in [0.5, 0.6) is 5.75 Å². The molecule has 2 amide bonds. The summed E-state index contributed by atoms with van der Waals surface area (Å²) in [5.41, 5.74) is -0.642. The molecule has 10 heteroatoms. The second-order valence-electron chi connectivity index (χ2n) is 7.04. The Bertz CT molecular complexity index is 1140. The zero-order valence-electron chi connectivity index (χ0n) is 17.6. The van der Waals surface area contributed by atoms with Gasteiger partial charge in [0.05, 0.1) is 31.1 Å². The quantitative estimate of drug-likeness (QED) is 0.623. The van der Waals surface area contributed by atoms with Gasteiger partial charge in [-0.15, -0.1) is 0 Å². The summed E-state index contributed by atoms with van der Waals surface area (Å²) < 4.78 is 47.4. The number of benzene rings is 2. The van der Waals surface area contributed by atoms with Gasteiger partial charge in [0.2, 0.25) is 5.91 Å². The first-order chi connectivity index (χ1) is 15.1. The number of aromatic nitrogens is 2. The van der Waals surface area contributed by atoms with Gasteiger partial charge in [-0.2, -0.15) is 18.3 Å². The number of halogens is 3. The molecule has 0 fully saturated rings. The fourth-order valence-corrected chi connectivity index (χ4v) is 3.16. The van der Waals surface area contributed by atoms with Gasteiger partial charge in [-0.25, -0.2) is 4.68 Å². The molecule has 0 spiro atoms. The van der Waals surface area contributed by atoms with E-state index in [2.05, 4.69) is 10.4 Å². The van der Waals surface area contributed by atoms with E-state index in [-0.39, 0.29) is 5.69 Å². The Balaban J connectivity index is 1.83. The summed E-state index contributed by atoms with van der Waals surface area (Å²) in [6.45, 7) is 1.19. The molecule has 0 saturated carbocycles. The lowest BCUT2D eigenvalue weighted by Gasteiger charge is -2.19. The third kappa shape index (κ3) is 4.90. The molecule has 0 aliphatic heterocycles. The van der Waals surface area contributed by atoms with Gasteiger partial charge in [-0.05, 0) is 30.7 Å². The number of methoxy groups -OCH3 is 1. The van der Waals surface area contributed by atoms with Crippen LogP contribution in [0.3, 0.4) is 0 Å². The van der Waals surface area contributed by atoms with Crippen LogP contribution in [0.25, 0.3) is 5.69 Å². The van der Waals surface area contributed by atoms with Gasteiger partial charge in [0.1, 0.15) is 5.75 Å². The number of alkyl halides is 3. The number of hydrogen-bond acceptors (Lipinski definition) is 4. The average Bonchev–Trinajstić information content (AvgIpc) is 3.19. The molecule has 32 heavy (non-hydrogen) atoms. The Morgan fingerprint density at radius 2 is 1.88 bits per heavy atom. The van der Waals surface area contributed by atoms with E-state index in [9.17, 15) is 22.8 Å². The number of anilines is 1. The Kier molecular flexibility index (Phi) is 6.52. The number of nitrogens with one attached hydrogen (secondary N) is 1. The number of ether oxygens (including phenoxy) is 1. The van der Waals surface area contributed by atoms with E-state index in [1.54, 1.807) is 49.4 Å². The Hall–Kier alpha value is -3.82. The summed E-state index contributed by atoms with van der Waals surface area (Å²) in [7, 11) is 2.72. The first kappa shape index (κ1) is 22.9. The summed E-state index contributed by atoms with van der Waals surface area (Å²) in [5, 5.41) is 6.40. The van der Waals surface area contributed by atoms with Crippen molar-refractivity contribution in [1.29, 1.82) is 0 Å². The summed E-state index contributed by atoms with van der Waals surface area (Å²) >= 11 is 0. The lowest BCUT2D eigenvalue weighted by atomic mass is 10.1. The SMILES string of the molecule is COc1cccc(NC(=O)CN(C)C(=O)c2cnn(-c3ccccc3C)c2C(F)(F)F)c1. The zero-order chi connectivity index (χ0) is 23.5. The summed E-state index contributed by atoms with van der Waals surface area (Å²) in [4.78, 5) is 26.0. The molecule has 168 valence electrons. The predicted molar refractivity (Wildman–Crippen MR) is 112 cm³/mol. The highest BCUT2D eigenvalue weighted by Crippen LogP contribution is 2.34. The van der Waals surface area contributed by atoms with Crippen molar-refractivity contribution in [2.75, 3.05) is 26.0 Å². The fourth-order valence-electron chi connectivity index (χ4n) is 3.16. The van der Waals surface area contributed by atoms with Crippen LogP contribution in [-0.4, -0.2) is 47.2 Å². The van der Waals surface area contributed by atoms with Crippen LogP contribution in [0.2, 0.25) is 0 Å². The number of nitrogens with zero attached hydrogens (tertiary/aromatic N) is 3. The van der Waals surface area contributed by atoms with Gasteiger partial charge < -0.3 is 15.0 Å². The second-order valence-corrected chi connectivity index (χ2v) is 7.04. The van der Waals surface area contributed by atoms with E-state index in [0.717, 1.165) is 11.1 Å². The Labute approximate surface area is 182 Å².